The topological polar surface area (TPSA) is 60.9 Å². The van der Waals surface area contributed by atoms with Crippen molar-refractivity contribution in [1.29, 1.82) is 0 Å². The van der Waals surface area contributed by atoms with E-state index in [1.54, 1.807) is 23.0 Å². The van der Waals surface area contributed by atoms with Gasteiger partial charge < -0.3 is 10.3 Å². The molecule has 2 aromatic heterocycles. The Kier molecular flexibility index (Phi) is 5.87. The average Bonchev–Trinajstić information content (AvgIpc) is 2.76. The van der Waals surface area contributed by atoms with E-state index in [-0.39, 0.29) is 11.6 Å². The summed E-state index contributed by atoms with van der Waals surface area (Å²) < 4.78 is 1.72. The van der Waals surface area contributed by atoms with Gasteiger partial charge in [0.2, 0.25) is 0 Å². The van der Waals surface area contributed by atoms with Crippen molar-refractivity contribution in [3.8, 4) is 22.3 Å². The third-order valence-corrected chi connectivity index (χ3v) is 5.22. The molecule has 0 aliphatic carbocycles. The number of aryl methyl sites for hydroxylation is 1. The second-order valence-electron chi connectivity index (χ2n) is 7.65. The van der Waals surface area contributed by atoms with Crippen LogP contribution >= 0.6 is 0 Å². The molecular weight excluding hydrogens is 370 g/mol. The van der Waals surface area contributed by atoms with Crippen LogP contribution in [0, 0.1) is 6.92 Å². The number of aromatic nitrogens is 2. The van der Waals surface area contributed by atoms with Gasteiger partial charge in [-0.1, -0.05) is 60.2 Å². The lowest BCUT2D eigenvalue weighted by Crippen LogP contribution is -2.33. The van der Waals surface area contributed by atoms with Gasteiger partial charge in [0.1, 0.15) is 0 Å². The van der Waals surface area contributed by atoms with Crippen molar-refractivity contribution in [3.63, 3.8) is 0 Å². The average molecular weight is 396 g/mol. The predicted octanol–water partition coefficient (Wildman–Crippen LogP) is 4.46. The number of pyridine rings is 2. The highest BCUT2D eigenvalue weighted by atomic mass is 16.1. The maximum atomic E-state index is 13.0. The number of nitrogens with two attached hydrogens (primary N) is 1. The molecule has 4 nitrogen and oxygen atoms in total. The molecule has 0 saturated carbocycles. The van der Waals surface area contributed by atoms with Crippen LogP contribution < -0.4 is 11.3 Å². The fourth-order valence-corrected chi connectivity index (χ4v) is 3.76. The standard InChI is InChI=1S/C26H25N3O/c1-19-6-5-9-22(14-19)24-16-26(30)29(18-25(24)21-10-12-28-13-11-21)17-23(27)15-20-7-3-2-4-8-20/h2-14,16,18,23H,15,17,27H2,1H3/t23-/m1/s1. The van der Waals surface area contributed by atoms with E-state index in [2.05, 4.69) is 36.2 Å². The minimum atomic E-state index is -0.153. The molecule has 0 fully saturated rings. The molecule has 0 amide bonds. The summed E-state index contributed by atoms with van der Waals surface area (Å²) in [7, 11) is 0. The summed E-state index contributed by atoms with van der Waals surface area (Å²) in [6.07, 6.45) is 6.19. The Balaban J connectivity index is 1.73. The van der Waals surface area contributed by atoms with Crippen LogP contribution in [0.1, 0.15) is 11.1 Å². The molecule has 0 saturated heterocycles. The Morgan fingerprint density at radius 3 is 2.40 bits per heavy atom. The molecule has 0 aliphatic rings. The second-order valence-corrected chi connectivity index (χ2v) is 7.65. The molecule has 0 radical (unpaired) electrons. The Morgan fingerprint density at radius 2 is 1.67 bits per heavy atom. The first-order valence-corrected chi connectivity index (χ1v) is 10.1. The van der Waals surface area contributed by atoms with E-state index >= 15 is 0 Å². The van der Waals surface area contributed by atoms with Crippen molar-refractivity contribution in [1.82, 2.24) is 9.55 Å². The van der Waals surface area contributed by atoms with Crippen molar-refractivity contribution < 1.29 is 0 Å². The van der Waals surface area contributed by atoms with Crippen LogP contribution in [-0.4, -0.2) is 15.6 Å². The Labute approximate surface area is 176 Å². The van der Waals surface area contributed by atoms with E-state index in [0.29, 0.717) is 6.54 Å². The Hall–Kier alpha value is -3.50. The van der Waals surface area contributed by atoms with Gasteiger partial charge in [-0.2, -0.15) is 0 Å². The van der Waals surface area contributed by atoms with E-state index in [9.17, 15) is 4.79 Å². The van der Waals surface area contributed by atoms with Crippen molar-refractivity contribution in [2.24, 2.45) is 5.73 Å². The van der Waals surface area contributed by atoms with Gasteiger partial charge in [0, 0.05) is 42.8 Å². The third-order valence-electron chi connectivity index (χ3n) is 5.22. The number of rotatable bonds is 6. The molecule has 1 atom stereocenters. The zero-order valence-electron chi connectivity index (χ0n) is 17.0. The van der Waals surface area contributed by atoms with Crippen LogP contribution in [0.15, 0.2) is 96.2 Å². The van der Waals surface area contributed by atoms with Gasteiger partial charge in [-0.05, 0) is 47.7 Å². The first-order chi connectivity index (χ1) is 14.6. The highest BCUT2D eigenvalue weighted by Gasteiger charge is 2.13. The molecule has 150 valence electrons. The summed E-state index contributed by atoms with van der Waals surface area (Å²) in [4.78, 5) is 17.1. The van der Waals surface area contributed by atoms with Gasteiger partial charge in [-0.25, -0.2) is 0 Å². The van der Waals surface area contributed by atoms with E-state index < -0.39 is 0 Å². The van der Waals surface area contributed by atoms with Gasteiger partial charge in [-0.15, -0.1) is 0 Å². The van der Waals surface area contributed by atoms with Gasteiger partial charge in [0.05, 0.1) is 0 Å². The maximum absolute atomic E-state index is 13.0. The molecule has 4 rings (SSSR count). The molecule has 0 unspecified atom stereocenters. The minimum absolute atomic E-state index is 0.0483. The van der Waals surface area contributed by atoms with Crippen LogP contribution in [0.3, 0.4) is 0 Å². The molecule has 0 spiro atoms. The van der Waals surface area contributed by atoms with Gasteiger partial charge >= 0.3 is 0 Å². The summed E-state index contributed by atoms with van der Waals surface area (Å²) in [6, 6.07) is 23.8. The normalized spacial score (nSPS) is 11.9. The zero-order chi connectivity index (χ0) is 20.9. The summed E-state index contributed by atoms with van der Waals surface area (Å²) in [5.41, 5.74) is 12.6. The van der Waals surface area contributed by atoms with Crippen LogP contribution in [0.25, 0.3) is 22.3 Å². The van der Waals surface area contributed by atoms with Crippen LogP contribution in [-0.2, 0) is 13.0 Å². The predicted molar refractivity (Wildman–Crippen MR) is 122 cm³/mol. The van der Waals surface area contributed by atoms with E-state index in [0.717, 1.165) is 34.2 Å². The fourth-order valence-electron chi connectivity index (χ4n) is 3.76. The maximum Gasteiger partial charge on any atom is 0.251 e. The summed E-state index contributed by atoms with van der Waals surface area (Å²) in [5.74, 6) is 0. The Morgan fingerprint density at radius 1 is 0.900 bits per heavy atom. The van der Waals surface area contributed by atoms with Crippen LogP contribution in [0.2, 0.25) is 0 Å². The van der Waals surface area contributed by atoms with E-state index in [1.807, 2.05) is 48.7 Å². The number of hydrogen-bond acceptors (Lipinski definition) is 3. The molecule has 0 bridgehead atoms. The lowest BCUT2D eigenvalue weighted by Gasteiger charge is -2.17. The molecule has 4 heteroatoms. The quantitative estimate of drug-likeness (QED) is 0.524. The molecule has 30 heavy (non-hydrogen) atoms. The molecular formula is C26H25N3O. The summed E-state index contributed by atoms with van der Waals surface area (Å²) in [6.45, 7) is 2.51. The highest BCUT2D eigenvalue weighted by molar-refractivity contribution is 5.82. The van der Waals surface area contributed by atoms with Crippen molar-refractivity contribution in [2.45, 2.75) is 25.9 Å². The Bertz CT molecular complexity index is 1180. The highest BCUT2D eigenvalue weighted by Crippen LogP contribution is 2.31. The first kappa shape index (κ1) is 19.8. The lowest BCUT2D eigenvalue weighted by molar-refractivity contribution is 0.538. The lowest BCUT2D eigenvalue weighted by atomic mass is 9.96. The monoisotopic (exact) mass is 395 g/mol. The number of hydrogen-bond donors (Lipinski definition) is 1. The fraction of sp³-hybridized carbons (Fsp3) is 0.154. The smallest absolute Gasteiger partial charge is 0.251 e. The van der Waals surface area contributed by atoms with E-state index in [1.165, 1.54) is 5.56 Å². The van der Waals surface area contributed by atoms with Crippen LogP contribution in [0.4, 0.5) is 0 Å². The van der Waals surface area contributed by atoms with E-state index in [4.69, 9.17) is 5.73 Å². The van der Waals surface area contributed by atoms with Crippen LogP contribution in [0.5, 0.6) is 0 Å². The molecule has 4 aromatic rings. The molecule has 2 aromatic carbocycles. The summed E-state index contributed by atoms with van der Waals surface area (Å²) >= 11 is 0. The largest absolute Gasteiger partial charge is 0.326 e. The molecule has 2 heterocycles. The van der Waals surface area contributed by atoms with Crippen molar-refractivity contribution in [3.05, 3.63) is 113 Å². The number of nitrogens with zero attached hydrogens (tertiary/aromatic N) is 2. The SMILES string of the molecule is Cc1cccc(-c2cc(=O)n(C[C@H](N)Cc3ccccc3)cc2-c2ccncc2)c1. The molecule has 0 aliphatic heterocycles. The second kappa shape index (κ2) is 8.89. The van der Waals surface area contributed by atoms with Gasteiger partial charge in [0.25, 0.3) is 5.56 Å². The van der Waals surface area contributed by atoms with Gasteiger partial charge in [0.15, 0.2) is 0 Å². The first-order valence-electron chi connectivity index (χ1n) is 10.1. The summed E-state index contributed by atoms with van der Waals surface area (Å²) in [5, 5.41) is 0. The van der Waals surface area contributed by atoms with Crippen molar-refractivity contribution in [2.75, 3.05) is 0 Å². The third kappa shape index (κ3) is 4.56. The van der Waals surface area contributed by atoms with Gasteiger partial charge in [-0.3, -0.25) is 9.78 Å². The minimum Gasteiger partial charge on any atom is -0.326 e. The van der Waals surface area contributed by atoms with Crippen molar-refractivity contribution >= 4 is 0 Å². The number of benzene rings is 2. The molecule has 2 N–H and O–H groups in total. The zero-order valence-corrected chi connectivity index (χ0v) is 17.0.